The maximum atomic E-state index is 6.41. The highest BCUT2D eigenvalue weighted by Crippen LogP contribution is 2.30. The molecule has 0 amide bonds. The van der Waals surface area contributed by atoms with Crippen LogP contribution in [0, 0.1) is 0 Å². The van der Waals surface area contributed by atoms with Crippen molar-refractivity contribution < 1.29 is 4.42 Å². The Labute approximate surface area is 150 Å². The summed E-state index contributed by atoms with van der Waals surface area (Å²) in [5, 5.41) is 6.31. The number of nitrogens with one attached hydrogen (secondary N) is 1. The third kappa shape index (κ3) is 3.26. The molecular formula is C18H18ClN3OS. The zero-order chi connectivity index (χ0) is 16.4. The fourth-order valence-corrected chi connectivity index (χ4v) is 4.01. The lowest BCUT2D eigenvalue weighted by molar-refractivity contribution is 0.152. The Morgan fingerprint density at radius 2 is 2.21 bits per heavy atom. The molecule has 0 radical (unpaired) electrons. The molecule has 1 aliphatic rings. The standard InChI is InChI=1S/C18H18ClN3OS/c19-15-5-2-1-4-14(15)16-10-20-7-8-22(16)11-13-12-23-18(21-13)17-6-3-9-24-17/h1-6,9,12,16,20H,7-8,10-11H2. The second-order valence-electron chi connectivity index (χ2n) is 5.83. The highest BCUT2D eigenvalue weighted by molar-refractivity contribution is 7.13. The van der Waals surface area contributed by atoms with Crippen molar-refractivity contribution in [2.45, 2.75) is 12.6 Å². The Balaban J connectivity index is 1.55. The van der Waals surface area contributed by atoms with Gasteiger partial charge in [-0.05, 0) is 23.1 Å². The molecule has 124 valence electrons. The van der Waals surface area contributed by atoms with E-state index < -0.39 is 0 Å². The number of nitrogens with zero attached hydrogens (tertiary/aromatic N) is 2. The molecule has 4 rings (SSSR count). The van der Waals surface area contributed by atoms with E-state index in [0.29, 0.717) is 5.89 Å². The van der Waals surface area contributed by atoms with Crippen LogP contribution in [0.1, 0.15) is 17.3 Å². The first-order chi connectivity index (χ1) is 11.8. The zero-order valence-corrected chi connectivity index (χ0v) is 14.7. The van der Waals surface area contributed by atoms with Crippen LogP contribution in [0.4, 0.5) is 0 Å². The summed E-state index contributed by atoms with van der Waals surface area (Å²) < 4.78 is 5.65. The summed E-state index contributed by atoms with van der Waals surface area (Å²) in [7, 11) is 0. The number of hydrogen-bond donors (Lipinski definition) is 1. The first-order valence-corrected chi connectivity index (χ1v) is 9.24. The molecule has 2 aromatic heterocycles. The molecule has 1 atom stereocenters. The van der Waals surface area contributed by atoms with Crippen LogP contribution in [0.15, 0.2) is 52.5 Å². The number of benzene rings is 1. The van der Waals surface area contributed by atoms with Gasteiger partial charge in [0.2, 0.25) is 5.89 Å². The van der Waals surface area contributed by atoms with Gasteiger partial charge in [-0.2, -0.15) is 0 Å². The van der Waals surface area contributed by atoms with Crippen LogP contribution in [0.5, 0.6) is 0 Å². The predicted octanol–water partition coefficient (Wildman–Crippen LogP) is 4.20. The Morgan fingerprint density at radius 3 is 3.04 bits per heavy atom. The Kier molecular flexibility index (Phi) is 4.67. The minimum atomic E-state index is 0.245. The number of oxazole rings is 1. The van der Waals surface area contributed by atoms with Gasteiger partial charge in [0.05, 0.1) is 10.6 Å². The zero-order valence-electron chi connectivity index (χ0n) is 13.1. The summed E-state index contributed by atoms with van der Waals surface area (Å²) in [5.41, 5.74) is 2.12. The van der Waals surface area contributed by atoms with Crippen LogP contribution in [0.3, 0.4) is 0 Å². The van der Waals surface area contributed by atoms with E-state index in [0.717, 1.165) is 47.3 Å². The summed E-state index contributed by atoms with van der Waals surface area (Å²) in [6.45, 7) is 3.57. The molecule has 24 heavy (non-hydrogen) atoms. The molecule has 1 saturated heterocycles. The van der Waals surface area contributed by atoms with Gasteiger partial charge in [0.1, 0.15) is 6.26 Å². The largest absolute Gasteiger partial charge is 0.444 e. The average Bonchev–Trinajstić information content (AvgIpc) is 3.27. The maximum absolute atomic E-state index is 6.41. The molecule has 1 fully saturated rings. The molecule has 0 bridgehead atoms. The minimum absolute atomic E-state index is 0.245. The number of thiophene rings is 1. The number of aromatic nitrogens is 1. The quantitative estimate of drug-likeness (QED) is 0.757. The summed E-state index contributed by atoms with van der Waals surface area (Å²) in [5.74, 6) is 0.699. The van der Waals surface area contributed by atoms with E-state index in [1.807, 2.05) is 35.7 Å². The molecular weight excluding hydrogens is 342 g/mol. The smallest absolute Gasteiger partial charge is 0.236 e. The third-order valence-electron chi connectivity index (χ3n) is 4.27. The summed E-state index contributed by atoms with van der Waals surface area (Å²) in [6.07, 6.45) is 1.76. The van der Waals surface area contributed by atoms with E-state index in [9.17, 15) is 0 Å². The van der Waals surface area contributed by atoms with Gasteiger partial charge >= 0.3 is 0 Å². The van der Waals surface area contributed by atoms with Crippen LogP contribution in [0.25, 0.3) is 10.8 Å². The second kappa shape index (κ2) is 7.07. The van der Waals surface area contributed by atoms with Crippen LogP contribution in [-0.4, -0.2) is 29.5 Å². The second-order valence-corrected chi connectivity index (χ2v) is 7.19. The normalized spacial score (nSPS) is 18.8. The lowest BCUT2D eigenvalue weighted by atomic mass is 10.0. The van der Waals surface area contributed by atoms with Crippen LogP contribution < -0.4 is 5.32 Å². The van der Waals surface area contributed by atoms with E-state index in [1.54, 1.807) is 17.6 Å². The molecule has 3 heterocycles. The third-order valence-corrected chi connectivity index (χ3v) is 5.47. The van der Waals surface area contributed by atoms with Crippen LogP contribution in [0.2, 0.25) is 5.02 Å². The Morgan fingerprint density at radius 1 is 1.29 bits per heavy atom. The number of piperazine rings is 1. The lowest BCUT2D eigenvalue weighted by Gasteiger charge is -2.36. The molecule has 3 aromatic rings. The van der Waals surface area contributed by atoms with E-state index in [4.69, 9.17) is 16.0 Å². The molecule has 0 saturated carbocycles. The minimum Gasteiger partial charge on any atom is -0.444 e. The number of halogens is 1. The molecule has 0 aliphatic carbocycles. The molecule has 6 heteroatoms. The molecule has 1 unspecified atom stereocenters. The first-order valence-electron chi connectivity index (χ1n) is 7.99. The highest BCUT2D eigenvalue weighted by atomic mass is 35.5. The van der Waals surface area contributed by atoms with Gasteiger partial charge in [0.15, 0.2) is 0 Å². The first kappa shape index (κ1) is 15.8. The van der Waals surface area contributed by atoms with Crippen molar-refractivity contribution in [1.29, 1.82) is 0 Å². The SMILES string of the molecule is Clc1ccccc1C1CNCCN1Cc1coc(-c2cccs2)n1. The van der Waals surface area contributed by atoms with Gasteiger partial charge in [-0.25, -0.2) is 4.98 Å². The monoisotopic (exact) mass is 359 g/mol. The molecule has 1 aromatic carbocycles. The van der Waals surface area contributed by atoms with Gasteiger partial charge in [0.25, 0.3) is 0 Å². The van der Waals surface area contributed by atoms with Gasteiger partial charge < -0.3 is 9.73 Å². The van der Waals surface area contributed by atoms with Gasteiger partial charge in [-0.3, -0.25) is 4.90 Å². The van der Waals surface area contributed by atoms with Crippen molar-refractivity contribution in [2.75, 3.05) is 19.6 Å². The van der Waals surface area contributed by atoms with Crippen LogP contribution >= 0.6 is 22.9 Å². The van der Waals surface area contributed by atoms with E-state index >= 15 is 0 Å². The summed E-state index contributed by atoms with van der Waals surface area (Å²) in [4.78, 5) is 8.12. The number of hydrogen-bond acceptors (Lipinski definition) is 5. The van der Waals surface area contributed by atoms with Gasteiger partial charge in [0, 0.05) is 37.2 Å². The fraction of sp³-hybridized carbons (Fsp3) is 0.278. The van der Waals surface area contributed by atoms with E-state index in [2.05, 4.69) is 21.3 Å². The average molecular weight is 360 g/mol. The van der Waals surface area contributed by atoms with Crippen molar-refractivity contribution in [3.8, 4) is 10.8 Å². The Hall–Kier alpha value is -1.66. The topological polar surface area (TPSA) is 41.3 Å². The molecule has 0 spiro atoms. The summed E-state index contributed by atoms with van der Waals surface area (Å²) in [6, 6.07) is 12.3. The highest BCUT2D eigenvalue weighted by Gasteiger charge is 2.26. The molecule has 1 N–H and O–H groups in total. The van der Waals surface area contributed by atoms with Crippen molar-refractivity contribution in [3.63, 3.8) is 0 Å². The van der Waals surface area contributed by atoms with Crippen molar-refractivity contribution in [3.05, 3.63) is 64.3 Å². The van der Waals surface area contributed by atoms with Crippen molar-refractivity contribution in [2.24, 2.45) is 0 Å². The van der Waals surface area contributed by atoms with Crippen LogP contribution in [-0.2, 0) is 6.54 Å². The van der Waals surface area contributed by atoms with E-state index in [1.165, 1.54) is 0 Å². The molecule has 1 aliphatic heterocycles. The fourth-order valence-electron chi connectivity index (χ4n) is 3.09. The predicted molar refractivity (Wildman–Crippen MR) is 97.3 cm³/mol. The van der Waals surface area contributed by atoms with Gasteiger partial charge in [-0.1, -0.05) is 35.9 Å². The number of rotatable bonds is 4. The lowest BCUT2D eigenvalue weighted by Crippen LogP contribution is -2.45. The van der Waals surface area contributed by atoms with E-state index in [-0.39, 0.29) is 6.04 Å². The van der Waals surface area contributed by atoms with Gasteiger partial charge in [-0.15, -0.1) is 11.3 Å². The molecule has 4 nitrogen and oxygen atoms in total. The maximum Gasteiger partial charge on any atom is 0.236 e. The van der Waals surface area contributed by atoms with Crippen molar-refractivity contribution in [1.82, 2.24) is 15.2 Å². The van der Waals surface area contributed by atoms with Crippen molar-refractivity contribution >= 4 is 22.9 Å². The Bertz CT molecular complexity index is 802. The summed E-state index contributed by atoms with van der Waals surface area (Å²) >= 11 is 8.05.